The lowest BCUT2D eigenvalue weighted by molar-refractivity contribution is 0.923. The Kier molecular flexibility index (Phi) is 0.520. The third kappa shape index (κ3) is 0.431. The van der Waals surface area contributed by atoms with Crippen LogP contribution in [0.25, 0.3) is 0 Å². The van der Waals surface area contributed by atoms with Gasteiger partial charge < -0.3 is 11.1 Å². The van der Waals surface area contributed by atoms with Gasteiger partial charge in [0.05, 0.1) is 5.54 Å². The van der Waals surface area contributed by atoms with Gasteiger partial charge in [-0.1, -0.05) is 0 Å². The van der Waals surface area contributed by atoms with Gasteiger partial charge in [-0.05, 0) is 12.8 Å². The third-order valence-electron chi connectivity index (χ3n) is 1.11. The molecule has 1 fully saturated rings. The Balaban J connectivity index is 2.47. The van der Waals surface area contributed by atoms with Gasteiger partial charge in [-0.2, -0.15) is 0 Å². The van der Waals surface area contributed by atoms with Crippen LogP contribution in [0.1, 0.15) is 12.8 Å². The van der Waals surface area contributed by atoms with Crippen LogP contribution in [-0.4, -0.2) is 11.8 Å². The highest BCUT2D eigenvalue weighted by Crippen LogP contribution is 2.28. The number of nitrogens with two attached hydrogens (primary N) is 1. The van der Waals surface area contributed by atoms with Crippen molar-refractivity contribution >= 4 is 6.21 Å². The monoisotopic (exact) mass is 84.1 g/mol. The summed E-state index contributed by atoms with van der Waals surface area (Å²) in [5.74, 6) is 0. The molecule has 0 spiro atoms. The summed E-state index contributed by atoms with van der Waals surface area (Å²) in [5, 5.41) is 6.67. The molecule has 2 nitrogen and oxygen atoms in total. The predicted octanol–water partition coefficient (Wildman–Crippen LogP) is 0.127. The second-order valence-corrected chi connectivity index (χ2v) is 1.88. The molecule has 0 aromatic carbocycles. The van der Waals surface area contributed by atoms with E-state index in [1.54, 1.807) is 0 Å². The third-order valence-corrected chi connectivity index (χ3v) is 1.11. The molecule has 0 heterocycles. The largest absolute Gasteiger partial charge is 0.321 e. The lowest BCUT2D eigenvalue weighted by Gasteiger charge is -1.90. The van der Waals surface area contributed by atoms with E-state index < -0.39 is 0 Å². The van der Waals surface area contributed by atoms with Crippen LogP contribution in [0, 0.1) is 5.41 Å². The van der Waals surface area contributed by atoms with E-state index in [-0.39, 0.29) is 5.54 Å². The van der Waals surface area contributed by atoms with Gasteiger partial charge >= 0.3 is 0 Å². The molecule has 34 valence electrons. The molecular formula is C4H8N2. The fourth-order valence-corrected chi connectivity index (χ4v) is 0.289. The van der Waals surface area contributed by atoms with Gasteiger partial charge in [-0.3, -0.25) is 0 Å². The van der Waals surface area contributed by atoms with Gasteiger partial charge in [0.15, 0.2) is 0 Å². The highest BCUT2D eigenvalue weighted by Gasteiger charge is 2.35. The van der Waals surface area contributed by atoms with Gasteiger partial charge in [-0.15, -0.1) is 0 Å². The van der Waals surface area contributed by atoms with Gasteiger partial charge in [0.1, 0.15) is 0 Å². The van der Waals surface area contributed by atoms with E-state index in [1.807, 2.05) is 0 Å². The molecule has 0 aromatic heterocycles. The fourth-order valence-electron chi connectivity index (χ4n) is 0.289. The summed E-state index contributed by atoms with van der Waals surface area (Å²) in [4.78, 5) is 0. The number of nitrogens with one attached hydrogen (secondary N) is 1. The molecule has 1 rings (SSSR count). The van der Waals surface area contributed by atoms with Crippen molar-refractivity contribution in [2.45, 2.75) is 18.4 Å². The van der Waals surface area contributed by atoms with Crippen molar-refractivity contribution in [2.24, 2.45) is 5.73 Å². The van der Waals surface area contributed by atoms with Crippen LogP contribution in [0.5, 0.6) is 0 Å². The van der Waals surface area contributed by atoms with Gasteiger partial charge in [0.2, 0.25) is 0 Å². The van der Waals surface area contributed by atoms with Gasteiger partial charge in [-0.25, -0.2) is 0 Å². The molecule has 0 aliphatic heterocycles. The first kappa shape index (κ1) is 3.81. The first-order valence-electron chi connectivity index (χ1n) is 2.07. The summed E-state index contributed by atoms with van der Waals surface area (Å²) in [7, 11) is 0. The van der Waals surface area contributed by atoms with E-state index in [9.17, 15) is 0 Å². The zero-order valence-corrected chi connectivity index (χ0v) is 3.57. The molecular weight excluding hydrogens is 76.1 g/mol. The summed E-state index contributed by atoms with van der Waals surface area (Å²) in [6, 6.07) is 0. The molecule has 0 amide bonds. The quantitative estimate of drug-likeness (QED) is 0.436. The molecule has 6 heavy (non-hydrogen) atoms. The Morgan fingerprint density at radius 1 is 1.67 bits per heavy atom. The van der Waals surface area contributed by atoms with Crippen LogP contribution in [0.4, 0.5) is 0 Å². The molecule has 1 saturated carbocycles. The molecule has 3 N–H and O–H groups in total. The van der Waals surface area contributed by atoms with Crippen LogP contribution in [0.15, 0.2) is 0 Å². The van der Waals surface area contributed by atoms with Crippen LogP contribution in [0.2, 0.25) is 0 Å². The highest BCUT2D eigenvalue weighted by molar-refractivity contribution is 5.70. The Bertz CT molecular complexity index is 73.6. The van der Waals surface area contributed by atoms with Crippen molar-refractivity contribution in [3.63, 3.8) is 0 Å². The normalized spacial score (nSPS) is 26.2. The van der Waals surface area contributed by atoms with Crippen LogP contribution in [0.3, 0.4) is 0 Å². The standard InChI is InChI=1S/C4H8N2/c5-3-4(6)1-2-4/h3,5H,1-2,6H2. The van der Waals surface area contributed by atoms with Crippen molar-refractivity contribution in [1.82, 2.24) is 0 Å². The minimum absolute atomic E-state index is 0.167. The maximum absolute atomic E-state index is 6.67. The van der Waals surface area contributed by atoms with E-state index >= 15 is 0 Å². The van der Waals surface area contributed by atoms with Gasteiger partial charge in [0, 0.05) is 6.21 Å². The fraction of sp³-hybridized carbons (Fsp3) is 0.750. The Hall–Kier alpha value is -0.370. The number of hydrogen-bond donors (Lipinski definition) is 2. The molecule has 0 saturated heterocycles. The van der Waals surface area contributed by atoms with E-state index in [2.05, 4.69) is 0 Å². The number of rotatable bonds is 1. The first-order chi connectivity index (χ1) is 2.77. The maximum Gasteiger partial charge on any atom is 0.0508 e. The number of hydrogen-bond acceptors (Lipinski definition) is 2. The van der Waals surface area contributed by atoms with E-state index in [0.29, 0.717) is 0 Å². The minimum Gasteiger partial charge on any atom is -0.321 e. The van der Waals surface area contributed by atoms with E-state index in [0.717, 1.165) is 12.8 Å². The predicted molar refractivity (Wildman–Crippen MR) is 24.9 cm³/mol. The summed E-state index contributed by atoms with van der Waals surface area (Å²) in [6.07, 6.45) is 3.35. The molecule has 2 heteroatoms. The second-order valence-electron chi connectivity index (χ2n) is 1.88. The lowest BCUT2D eigenvalue weighted by atomic mass is 10.3. The van der Waals surface area contributed by atoms with Crippen LogP contribution in [-0.2, 0) is 0 Å². The molecule has 0 bridgehead atoms. The van der Waals surface area contributed by atoms with Crippen molar-refractivity contribution in [3.05, 3.63) is 0 Å². The molecule has 1 aliphatic carbocycles. The zero-order valence-electron chi connectivity index (χ0n) is 3.57. The van der Waals surface area contributed by atoms with Crippen molar-refractivity contribution in [1.29, 1.82) is 5.41 Å². The molecule has 0 radical (unpaired) electrons. The smallest absolute Gasteiger partial charge is 0.0508 e. The SMILES string of the molecule is N=CC1(N)CC1. The summed E-state index contributed by atoms with van der Waals surface area (Å²) in [6.45, 7) is 0. The summed E-state index contributed by atoms with van der Waals surface area (Å²) >= 11 is 0. The molecule has 1 aliphatic rings. The Morgan fingerprint density at radius 3 is 2.17 bits per heavy atom. The first-order valence-corrected chi connectivity index (χ1v) is 2.07. The van der Waals surface area contributed by atoms with E-state index in [1.165, 1.54) is 6.21 Å². The second kappa shape index (κ2) is 0.819. The van der Waals surface area contributed by atoms with Crippen molar-refractivity contribution < 1.29 is 0 Å². The molecule has 0 unspecified atom stereocenters. The minimum atomic E-state index is -0.167. The molecule has 0 aromatic rings. The topological polar surface area (TPSA) is 49.9 Å². The van der Waals surface area contributed by atoms with E-state index in [4.69, 9.17) is 11.1 Å². The van der Waals surface area contributed by atoms with Crippen molar-refractivity contribution in [2.75, 3.05) is 0 Å². The highest BCUT2D eigenvalue weighted by atomic mass is 14.8. The summed E-state index contributed by atoms with van der Waals surface area (Å²) < 4.78 is 0. The van der Waals surface area contributed by atoms with Gasteiger partial charge in [0.25, 0.3) is 0 Å². The summed E-state index contributed by atoms with van der Waals surface area (Å²) in [5.41, 5.74) is 5.24. The maximum atomic E-state index is 6.67. The lowest BCUT2D eigenvalue weighted by Crippen LogP contribution is -2.22. The Labute approximate surface area is 36.9 Å². The average molecular weight is 84.1 g/mol. The Morgan fingerprint density at radius 2 is 2.17 bits per heavy atom. The van der Waals surface area contributed by atoms with Crippen LogP contribution >= 0.6 is 0 Å². The molecule has 0 atom stereocenters. The van der Waals surface area contributed by atoms with Crippen molar-refractivity contribution in [3.8, 4) is 0 Å². The average Bonchev–Trinajstić information content (AvgIpc) is 2.22. The van der Waals surface area contributed by atoms with Crippen LogP contribution < -0.4 is 5.73 Å². The zero-order chi connectivity index (χ0) is 4.62.